The lowest BCUT2D eigenvalue weighted by Gasteiger charge is -1.95. The number of fused-ring (bicyclic) bond motifs is 1. The summed E-state index contributed by atoms with van der Waals surface area (Å²) in [4.78, 5) is 3.70. The summed E-state index contributed by atoms with van der Waals surface area (Å²) in [5, 5.41) is 18.8. The van der Waals surface area contributed by atoms with Crippen LogP contribution < -0.4 is 28.6 Å². The van der Waals surface area contributed by atoms with Gasteiger partial charge < -0.3 is 40.0 Å². The SMILES string of the molecule is Nc1nc2n[nH]nc2c(N)[n+]1O.O.O.[Cl-]. The average Bonchev–Trinajstić information content (AvgIpc) is 2.48. The second-order valence-electron chi connectivity index (χ2n) is 2.16. The van der Waals surface area contributed by atoms with Crippen molar-refractivity contribution in [1.29, 1.82) is 0 Å². The van der Waals surface area contributed by atoms with Gasteiger partial charge in [-0.3, -0.25) is 0 Å². The van der Waals surface area contributed by atoms with Crippen LogP contribution in [0.1, 0.15) is 0 Å². The molecule has 2 heterocycles. The van der Waals surface area contributed by atoms with E-state index in [0.717, 1.165) is 0 Å². The lowest BCUT2D eigenvalue weighted by Crippen LogP contribution is -3.00. The second kappa shape index (κ2) is 5.09. The number of nitrogens with two attached hydrogens (primary N) is 2. The van der Waals surface area contributed by atoms with Crippen LogP contribution in [0.2, 0.25) is 0 Å². The molecule has 0 saturated carbocycles. The van der Waals surface area contributed by atoms with E-state index in [4.69, 9.17) is 16.7 Å². The van der Waals surface area contributed by atoms with Gasteiger partial charge in [-0.05, 0) is 4.73 Å². The van der Waals surface area contributed by atoms with Crippen molar-refractivity contribution in [3.63, 3.8) is 0 Å². The monoisotopic (exact) mass is 239 g/mol. The van der Waals surface area contributed by atoms with Crippen molar-refractivity contribution in [1.82, 2.24) is 20.4 Å². The van der Waals surface area contributed by atoms with Crippen molar-refractivity contribution in [2.75, 3.05) is 11.5 Å². The number of nitrogen functional groups attached to an aromatic ring is 2. The first-order chi connectivity index (χ1) is 5.70. The molecule has 0 aliphatic heterocycles. The Morgan fingerprint density at radius 1 is 1.20 bits per heavy atom. The van der Waals surface area contributed by atoms with Crippen LogP contribution in [0.15, 0.2) is 0 Å². The molecule has 0 radical (unpaired) electrons. The van der Waals surface area contributed by atoms with Gasteiger partial charge in [0.15, 0.2) is 0 Å². The molecule has 2 aromatic heterocycles. The maximum atomic E-state index is 9.15. The predicted octanol–water partition coefficient (Wildman–Crippen LogP) is -6.60. The standard InChI is InChI=1S/C4H5N7O.ClH.2H2O/c5-2-1-3(9-10-8-1)7-4(6)11(2)12;;;/h12H,(H4,5,6,7,8,9,10);1H;2*1H2. The maximum absolute atomic E-state index is 9.15. The Balaban J connectivity index is 0. The van der Waals surface area contributed by atoms with E-state index in [1.165, 1.54) is 0 Å². The highest BCUT2D eigenvalue weighted by molar-refractivity contribution is 5.78. The molecular weight excluding hydrogens is 230 g/mol. The molecule has 2 aromatic rings. The molecular formula is C4H10ClN7O3. The zero-order valence-electron chi connectivity index (χ0n) is 7.27. The van der Waals surface area contributed by atoms with E-state index in [0.29, 0.717) is 4.73 Å². The van der Waals surface area contributed by atoms with Crippen LogP contribution in [0.25, 0.3) is 11.2 Å². The zero-order valence-corrected chi connectivity index (χ0v) is 8.02. The van der Waals surface area contributed by atoms with Crippen molar-refractivity contribution in [3.05, 3.63) is 0 Å². The number of aromatic amines is 1. The number of H-pyrrole nitrogens is 1. The van der Waals surface area contributed by atoms with Crippen LogP contribution in [-0.4, -0.2) is 36.6 Å². The van der Waals surface area contributed by atoms with Crippen LogP contribution in [0.4, 0.5) is 11.8 Å². The minimum absolute atomic E-state index is 0. The molecule has 0 bridgehead atoms. The first kappa shape index (κ1) is 15.6. The summed E-state index contributed by atoms with van der Waals surface area (Å²) >= 11 is 0. The van der Waals surface area contributed by atoms with Gasteiger partial charge in [0.2, 0.25) is 5.52 Å². The summed E-state index contributed by atoms with van der Waals surface area (Å²) < 4.78 is 0.546. The molecule has 2 rings (SSSR count). The maximum Gasteiger partial charge on any atom is 0.383 e. The summed E-state index contributed by atoms with van der Waals surface area (Å²) in [6.07, 6.45) is 0. The van der Waals surface area contributed by atoms with Gasteiger partial charge in [-0.2, -0.15) is 5.21 Å². The van der Waals surface area contributed by atoms with Crippen molar-refractivity contribution >= 4 is 22.9 Å². The predicted molar refractivity (Wildman–Crippen MR) is 45.1 cm³/mol. The van der Waals surface area contributed by atoms with Crippen molar-refractivity contribution in [3.8, 4) is 0 Å². The van der Waals surface area contributed by atoms with Gasteiger partial charge in [-0.15, -0.1) is 10.2 Å². The first-order valence-electron chi connectivity index (χ1n) is 3.07. The Morgan fingerprint density at radius 2 is 1.80 bits per heavy atom. The fourth-order valence-corrected chi connectivity index (χ4v) is 0.855. The smallest absolute Gasteiger partial charge is 0.383 e. The molecule has 86 valence electrons. The lowest BCUT2D eigenvalue weighted by atomic mass is 10.5. The lowest BCUT2D eigenvalue weighted by molar-refractivity contribution is -0.882. The molecule has 10 nitrogen and oxygen atoms in total. The molecule has 0 amide bonds. The topological polar surface area (TPSA) is 194 Å². The molecule has 10 N–H and O–H groups in total. The Kier molecular flexibility index (Phi) is 5.28. The van der Waals surface area contributed by atoms with Gasteiger partial charge in [0, 0.05) is 0 Å². The number of rotatable bonds is 0. The molecule has 11 heteroatoms. The molecule has 0 aliphatic rings. The van der Waals surface area contributed by atoms with E-state index in [-0.39, 0.29) is 46.3 Å². The Hall–Kier alpha value is -1.91. The highest BCUT2D eigenvalue weighted by atomic mass is 35.5. The summed E-state index contributed by atoms with van der Waals surface area (Å²) in [5.74, 6) is -0.125. The Morgan fingerprint density at radius 3 is 2.40 bits per heavy atom. The number of hydrogen-bond acceptors (Lipinski definition) is 6. The van der Waals surface area contributed by atoms with E-state index in [2.05, 4.69) is 20.4 Å². The second-order valence-corrected chi connectivity index (χ2v) is 2.16. The molecule has 0 fully saturated rings. The van der Waals surface area contributed by atoms with E-state index in [9.17, 15) is 0 Å². The van der Waals surface area contributed by atoms with Gasteiger partial charge in [0.25, 0.3) is 11.5 Å². The third kappa shape index (κ3) is 2.12. The molecule has 0 spiro atoms. The van der Waals surface area contributed by atoms with Crippen LogP contribution in [0.3, 0.4) is 0 Å². The van der Waals surface area contributed by atoms with E-state index < -0.39 is 0 Å². The van der Waals surface area contributed by atoms with E-state index in [1.807, 2.05) is 0 Å². The highest BCUT2D eigenvalue weighted by Crippen LogP contribution is 2.09. The van der Waals surface area contributed by atoms with E-state index >= 15 is 0 Å². The number of aromatic nitrogens is 5. The number of anilines is 2. The van der Waals surface area contributed by atoms with Gasteiger partial charge >= 0.3 is 5.95 Å². The quantitative estimate of drug-likeness (QED) is 0.260. The van der Waals surface area contributed by atoms with Crippen LogP contribution in [0.5, 0.6) is 0 Å². The Bertz CT molecular complexity index is 445. The fourth-order valence-electron chi connectivity index (χ4n) is 0.855. The Labute approximate surface area is 88.9 Å². The van der Waals surface area contributed by atoms with Gasteiger partial charge in [-0.1, -0.05) is 4.98 Å². The van der Waals surface area contributed by atoms with Crippen molar-refractivity contribution in [2.24, 2.45) is 0 Å². The van der Waals surface area contributed by atoms with Crippen molar-refractivity contribution < 1.29 is 33.3 Å². The molecule has 0 aromatic carbocycles. The minimum atomic E-state index is -0.131. The van der Waals surface area contributed by atoms with Gasteiger partial charge in [0.1, 0.15) is 0 Å². The third-order valence-corrected chi connectivity index (χ3v) is 1.44. The highest BCUT2D eigenvalue weighted by Gasteiger charge is 2.17. The molecule has 0 unspecified atom stereocenters. The fraction of sp³-hybridized carbons (Fsp3) is 0. The molecule has 0 saturated heterocycles. The van der Waals surface area contributed by atoms with Crippen LogP contribution in [-0.2, 0) is 0 Å². The zero-order chi connectivity index (χ0) is 8.72. The van der Waals surface area contributed by atoms with Gasteiger partial charge in [0.05, 0.1) is 0 Å². The summed E-state index contributed by atoms with van der Waals surface area (Å²) in [6.45, 7) is 0. The number of nitrogens with zero attached hydrogens (tertiary/aromatic N) is 4. The molecule has 0 atom stereocenters. The van der Waals surface area contributed by atoms with Crippen molar-refractivity contribution in [2.45, 2.75) is 0 Å². The number of halogens is 1. The number of hydrogen-bond donors (Lipinski definition) is 4. The summed E-state index contributed by atoms with van der Waals surface area (Å²) in [5.41, 5.74) is 11.3. The molecule has 15 heavy (non-hydrogen) atoms. The summed E-state index contributed by atoms with van der Waals surface area (Å²) in [6, 6.07) is 0. The van der Waals surface area contributed by atoms with Crippen LogP contribution >= 0.6 is 0 Å². The normalized spacial score (nSPS) is 8.53. The largest absolute Gasteiger partial charge is 1.00 e. The minimum Gasteiger partial charge on any atom is -1.00 e. The average molecular weight is 240 g/mol. The molecule has 0 aliphatic carbocycles. The first-order valence-corrected chi connectivity index (χ1v) is 3.07. The van der Waals surface area contributed by atoms with Gasteiger partial charge in [-0.25, -0.2) is 0 Å². The third-order valence-electron chi connectivity index (χ3n) is 1.44. The van der Waals surface area contributed by atoms with Crippen LogP contribution in [0, 0.1) is 0 Å². The number of nitrogens with one attached hydrogen (secondary N) is 1. The van der Waals surface area contributed by atoms with E-state index in [1.54, 1.807) is 0 Å². The summed E-state index contributed by atoms with van der Waals surface area (Å²) in [7, 11) is 0.